The molecule has 0 aliphatic carbocycles. The maximum atomic E-state index is 9.64. The number of pyridine rings is 1. The number of benzene rings is 2. The number of aryl methyl sites for hydroxylation is 2. The molecule has 0 bridgehead atoms. The van der Waals surface area contributed by atoms with Crippen molar-refractivity contribution < 1.29 is 9.13 Å². The van der Waals surface area contributed by atoms with Crippen molar-refractivity contribution in [2.24, 2.45) is 0 Å². The Labute approximate surface area is 158 Å². The molecule has 0 unspecified atom stereocenters. The van der Waals surface area contributed by atoms with Gasteiger partial charge in [0.25, 0.3) is 0 Å². The topological polar surface area (TPSA) is 44.4 Å². The van der Waals surface area contributed by atoms with Crippen molar-refractivity contribution in [2.45, 2.75) is 20.8 Å². The van der Waals surface area contributed by atoms with Gasteiger partial charge in [-0.25, -0.2) is 4.98 Å². The number of nitrogens with zero attached hydrogens (tertiary/aromatic N) is 4. The van der Waals surface area contributed by atoms with Crippen LogP contribution in [0.1, 0.15) is 22.5 Å². The van der Waals surface area contributed by atoms with E-state index >= 15 is 0 Å². The lowest BCUT2D eigenvalue weighted by molar-refractivity contribution is -0.605. The molecule has 0 saturated carbocycles. The Balaban J connectivity index is 2.10. The third-order valence-corrected chi connectivity index (χ3v) is 4.91. The minimum absolute atomic E-state index is 0.633. The van der Waals surface area contributed by atoms with Crippen LogP contribution >= 0.6 is 0 Å². The smallest absolute Gasteiger partial charge is 0.237 e. The molecule has 0 saturated heterocycles. The summed E-state index contributed by atoms with van der Waals surface area (Å²) in [6, 6.07) is 20.4. The third-order valence-electron chi connectivity index (χ3n) is 4.91. The van der Waals surface area contributed by atoms with Gasteiger partial charge in [0.05, 0.1) is 23.4 Å². The number of hydrogen-bond donors (Lipinski definition) is 0. The largest absolute Gasteiger partial charge is 0.243 e. The van der Waals surface area contributed by atoms with Crippen LogP contribution in [0.2, 0.25) is 0 Å². The zero-order valence-corrected chi connectivity index (χ0v) is 15.6. The van der Waals surface area contributed by atoms with Crippen LogP contribution in [-0.4, -0.2) is 4.98 Å². The highest BCUT2D eigenvalue weighted by Crippen LogP contribution is 2.20. The standard InChI is InChI=1S/C23H20N4/c1-16-8-6-7-11-26(16)22-12-19(14-24)13-23(18(22)3)27-17(2)15-25-20-9-4-5-10-21(20)27/h4-13,15H,1-3H3/q+2. The molecule has 0 aliphatic heterocycles. The lowest BCUT2D eigenvalue weighted by Gasteiger charge is -2.09. The summed E-state index contributed by atoms with van der Waals surface area (Å²) in [6.45, 7) is 6.21. The van der Waals surface area contributed by atoms with Crippen LogP contribution < -0.4 is 9.13 Å². The minimum Gasteiger partial charge on any atom is -0.243 e. The van der Waals surface area contributed by atoms with Gasteiger partial charge in [-0.3, -0.25) is 0 Å². The lowest BCUT2D eigenvalue weighted by atomic mass is 10.1. The Morgan fingerprint density at radius 2 is 1.63 bits per heavy atom. The van der Waals surface area contributed by atoms with Gasteiger partial charge < -0.3 is 0 Å². The second kappa shape index (κ2) is 6.62. The van der Waals surface area contributed by atoms with E-state index in [2.05, 4.69) is 46.2 Å². The fourth-order valence-corrected chi connectivity index (χ4v) is 3.52. The average molecular weight is 352 g/mol. The molecule has 4 rings (SSSR count). The van der Waals surface area contributed by atoms with E-state index in [0.717, 1.165) is 39.4 Å². The molecular formula is C23H20N4+2. The highest BCUT2D eigenvalue weighted by molar-refractivity contribution is 5.71. The summed E-state index contributed by atoms with van der Waals surface area (Å²) in [7, 11) is 0. The summed E-state index contributed by atoms with van der Waals surface area (Å²) in [5.74, 6) is 0. The number of fused-ring (bicyclic) bond motifs is 1. The zero-order valence-electron chi connectivity index (χ0n) is 15.6. The number of nitriles is 1. The van der Waals surface area contributed by atoms with Gasteiger partial charge in [-0.1, -0.05) is 18.2 Å². The van der Waals surface area contributed by atoms with E-state index in [1.54, 1.807) is 0 Å². The average Bonchev–Trinajstić information content (AvgIpc) is 2.69. The molecular weight excluding hydrogens is 332 g/mol. The number of para-hydroxylation sites is 2. The second-order valence-electron chi connectivity index (χ2n) is 6.69. The van der Waals surface area contributed by atoms with Crippen molar-refractivity contribution in [3.63, 3.8) is 0 Å². The van der Waals surface area contributed by atoms with E-state index in [4.69, 9.17) is 0 Å². The van der Waals surface area contributed by atoms with Gasteiger partial charge in [0.1, 0.15) is 5.52 Å². The van der Waals surface area contributed by atoms with E-state index in [-0.39, 0.29) is 0 Å². The van der Waals surface area contributed by atoms with Gasteiger partial charge in [-0.2, -0.15) is 14.4 Å². The van der Waals surface area contributed by atoms with Gasteiger partial charge in [0, 0.05) is 44.2 Å². The van der Waals surface area contributed by atoms with Crippen LogP contribution in [0, 0.1) is 32.1 Å². The van der Waals surface area contributed by atoms with Crippen LogP contribution in [0.4, 0.5) is 0 Å². The van der Waals surface area contributed by atoms with E-state index in [9.17, 15) is 5.26 Å². The molecule has 2 aromatic carbocycles. The predicted octanol–water partition coefficient (Wildman–Crippen LogP) is 3.59. The minimum atomic E-state index is 0.633. The zero-order chi connectivity index (χ0) is 19.0. The first kappa shape index (κ1) is 16.9. The Bertz CT molecular complexity index is 1220. The van der Waals surface area contributed by atoms with Crippen molar-refractivity contribution in [1.82, 2.24) is 4.98 Å². The Morgan fingerprint density at radius 1 is 0.889 bits per heavy atom. The number of hydrogen-bond acceptors (Lipinski definition) is 2. The molecule has 4 aromatic rings. The number of aromatic nitrogens is 3. The van der Waals surface area contributed by atoms with Crippen LogP contribution in [-0.2, 0) is 0 Å². The van der Waals surface area contributed by atoms with Crippen LogP contribution in [0.3, 0.4) is 0 Å². The summed E-state index contributed by atoms with van der Waals surface area (Å²) in [5, 5.41) is 9.64. The van der Waals surface area contributed by atoms with Crippen molar-refractivity contribution in [2.75, 3.05) is 0 Å². The summed E-state index contributed by atoms with van der Waals surface area (Å²) in [6.07, 6.45) is 3.91. The fourth-order valence-electron chi connectivity index (χ4n) is 3.52. The monoisotopic (exact) mass is 352 g/mol. The predicted molar refractivity (Wildman–Crippen MR) is 104 cm³/mol. The van der Waals surface area contributed by atoms with E-state index in [0.29, 0.717) is 5.56 Å². The molecule has 0 amide bonds. The van der Waals surface area contributed by atoms with Crippen molar-refractivity contribution in [3.05, 3.63) is 89.5 Å². The normalized spacial score (nSPS) is 10.7. The highest BCUT2D eigenvalue weighted by atomic mass is 15.0. The molecule has 0 aliphatic rings. The molecule has 0 fully saturated rings. The molecule has 2 aromatic heterocycles. The van der Waals surface area contributed by atoms with E-state index in [1.165, 1.54) is 0 Å². The summed E-state index contributed by atoms with van der Waals surface area (Å²) in [5.41, 5.74) is 7.83. The maximum Gasteiger partial charge on any atom is 0.237 e. The Kier molecular flexibility index (Phi) is 4.13. The first-order chi connectivity index (χ1) is 13.1. The van der Waals surface area contributed by atoms with Gasteiger partial charge in [0.15, 0.2) is 11.9 Å². The van der Waals surface area contributed by atoms with Gasteiger partial charge in [0.2, 0.25) is 22.6 Å². The fraction of sp³-hybridized carbons (Fsp3) is 0.130. The van der Waals surface area contributed by atoms with E-state index < -0.39 is 0 Å². The molecule has 4 nitrogen and oxygen atoms in total. The summed E-state index contributed by atoms with van der Waals surface area (Å²) in [4.78, 5) is 4.54. The summed E-state index contributed by atoms with van der Waals surface area (Å²) < 4.78 is 4.31. The second-order valence-corrected chi connectivity index (χ2v) is 6.69. The van der Waals surface area contributed by atoms with Crippen molar-refractivity contribution in [1.29, 1.82) is 5.26 Å². The van der Waals surface area contributed by atoms with Crippen molar-refractivity contribution >= 4 is 11.0 Å². The number of rotatable bonds is 2. The molecule has 130 valence electrons. The SMILES string of the molecule is Cc1c(-[n+]2ccccc2C)cc(C#N)cc1-[n+]1c(C)cnc2ccccc21. The molecule has 0 N–H and O–H groups in total. The third kappa shape index (κ3) is 2.84. The Morgan fingerprint density at radius 3 is 2.41 bits per heavy atom. The van der Waals surface area contributed by atoms with Gasteiger partial charge in [-0.15, -0.1) is 0 Å². The molecule has 2 heterocycles. The van der Waals surface area contributed by atoms with Crippen LogP contribution in [0.25, 0.3) is 22.4 Å². The summed E-state index contributed by atoms with van der Waals surface area (Å²) >= 11 is 0. The van der Waals surface area contributed by atoms with Crippen molar-refractivity contribution in [3.8, 4) is 17.4 Å². The lowest BCUT2D eigenvalue weighted by Crippen LogP contribution is -2.40. The van der Waals surface area contributed by atoms with E-state index in [1.807, 2.05) is 61.8 Å². The molecule has 0 spiro atoms. The molecule has 4 heteroatoms. The quantitative estimate of drug-likeness (QED) is 0.518. The Hall–Kier alpha value is -3.58. The highest BCUT2D eigenvalue weighted by Gasteiger charge is 2.26. The first-order valence-electron chi connectivity index (χ1n) is 8.89. The molecule has 0 atom stereocenters. The first-order valence-corrected chi connectivity index (χ1v) is 8.89. The van der Waals surface area contributed by atoms with Crippen LogP contribution in [0.15, 0.2) is 67.0 Å². The maximum absolute atomic E-state index is 9.64. The van der Waals surface area contributed by atoms with Gasteiger partial charge in [-0.05, 0) is 13.0 Å². The van der Waals surface area contributed by atoms with Crippen LogP contribution in [0.5, 0.6) is 0 Å². The molecule has 27 heavy (non-hydrogen) atoms. The van der Waals surface area contributed by atoms with Gasteiger partial charge >= 0.3 is 0 Å². The molecule has 0 radical (unpaired) electrons.